The number of pyridine rings is 1. The Kier molecular flexibility index (Phi) is 4.86. The van der Waals surface area contributed by atoms with Crippen molar-refractivity contribution in [2.75, 3.05) is 13.6 Å². The van der Waals surface area contributed by atoms with E-state index in [4.69, 9.17) is 0 Å². The number of nitrogens with zero attached hydrogens (tertiary/aromatic N) is 2. The Bertz CT molecular complexity index is 879. The van der Waals surface area contributed by atoms with Gasteiger partial charge in [0, 0.05) is 53.6 Å². The van der Waals surface area contributed by atoms with Crippen LogP contribution in [0.25, 0.3) is 16.2 Å². The number of rotatable bonds is 4. The van der Waals surface area contributed by atoms with Crippen LogP contribution in [-0.2, 0) is 6.42 Å². The van der Waals surface area contributed by atoms with Gasteiger partial charge in [0.1, 0.15) is 0 Å². The number of hydrogen-bond acceptors (Lipinski definition) is 3. The lowest BCUT2D eigenvalue weighted by atomic mass is 9.99. The number of carbonyl (C=O) groups excluding carboxylic acids is 1. The second-order valence-corrected chi connectivity index (χ2v) is 7.69. The number of hydrogen-bond donors (Lipinski definition) is 1. The van der Waals surface area contributed by atoms with E-state index in [1.807, 2.05) is 46.1 Å². The first-order valence-corrected chi connectivity index (χ1v) is 9.17. The van der Waals surface area contributed by atoms with Crippen LogP contribution in [0.4, 0.5) is 0 Å². The van der Waals surface area contributed by atoms with Crippen LogP contribution >= 0.6 is 11.8 Å². The van der Waals surface area contributed by atoms with Crippen LogP contribution in [0.3, 0.4) is 0 Å². The maximum atomic E-state index is 12.9. The summed E-state index contributed by atoms with van der Waals surface area (Å²) >= 11 is 1.61. The lowest BCUT2D eigenvalue weighted by Crippen LogP contribution is -2.34. The molecule has 0 aromatic carbocycles. The molecule has 2 aromatic heterocycles. The maximum absolute atomic E-state index is 12.9. The summed E-state index contributed by atoms with van der Waals surface area (Å²) in [4.78, 5) is 24.6. The molecule has 0 atom stereocenters. The third kappa shape index (κ3) is 3.29. The highest BCUT2D eigenvalue weighted by atomic mass is 32.2. The Morgan fingerprint density at radius 1 is 1.48 bits per heavy atom. The number of fused-ring (bicyclic) bond motifs is 1. The molecule has 3 rings (SSSR count). The maximum Gasteiger partial charge on any atom is 0.256 e. The molecule has 0 bridgehead atoms. The van der Waals surface area contributed by atoms with E-state index in [-0.39, 0.29) is 5.91 Å². The van der Waals surface area contributed by atoms with Crippen LogP contribution in [0.1, 0.15) is 41.2 Å². The average Bonchev–Trinajstić information content (AvgIpc) is 2.96. The number of amides is 1. The Hall–Kier alpha value is -2.27. The lowest BCUT2D eigenvalue weighted by molar-refractivity contribution is 0.0780. The van der Waals surface area contributed by atoms with Gasteiger partial charge in [0.25, 0.3) is 5.91 Å². The fraction of sp³-hybridized carbons (Fsp3) is 0.300. The van der Waals surface area contributed by atoms with Crippen molar-refractivity contribution in [3.63, 3.8) is 0 Å². The van der Waals surface area contributed by atoms with Crippen molar-refractivity contribution < 1.29 is 4.79 Å². The highest BCUT2D eigenvalue weighted by Crippen LogP contribution is 2.42. The first kappa shape index (κ1) is 17.5. The zero-order valence-electron chi connectivity index (χ0n) is 15.1. The minimum Gasteiger partial charge on any atom is -0.357 e. The van der Waals surface area contributed by atoms with Crippen molar-refractivity contribution in [2.45, 2.75) is 27.2 Å². The van der Waals surface area contributed by atoms with Crippen molar-refractivity contribution >= 4 is 22.6 Å². The van der Waals surface area contributed by atoms with E-state index < -0.39 is 0 Å². The predicted molar refractivity (Wildman–Crippen MR) is 105 cm³/mol. The van der Waals surface area contributed by atoms with E-state index in [1.54, 1.807) is 16.7 Å². The largest absolute Gasteiger partial charge is 0.357 e. The number of aromatic amines is 1. The number of thioether (sulfide) groups is 1. The number of aryl methyl sites for hydroxylation is 1. The minimum absolute atomic E-state index is 0.0752. The number of H-pyrrole nitrogens is 1. The van der Waals surface area contributed by atoms with E-state index in [1.165, 1.54) is 0 Å². The van der Waals surface area contributed by atoms with Crippen molar-refractivity contribution in [3.8, 4) is 11.3 Å². The molecule has 3 heterocycles. The normalized spacial score (nSPS) is 14.6. The summed E-state index contributed by atoms with van der Waals surface area (Å²) in [6.07, 6.45) is 4.70. The van der Waals surface area contributed by atoms with Gasteiger partial charge in [-0.15, -0.1) is 0 Å². The van der Waals surface area contributed by atoms with Gasteiger partial charge in [-0.2, -0.15) is 0 Å². The van der Waals surface area contributed by atoms with Crippen LogP contribution in [0.15, 0.2) is 35.9 Å². The molecule has 0 aliphatic carbocycles. The number of aromatic nitrogens is 2. The molecule has 0 fully saturated rings. The van der Waals surface area contributed by atoms with Gasteiger partial charge in [0.2, 0.25) is 0 Å². The Morgan fingerprint density at radius 2 is 2.24 bits per heavy atom. The highest BCUT2D eigenvalue weighted by molar-refractivity contribution is 8.11. The Labute approximate surface area is 153 Å². The van der Waals surface area contributed by atoms with Crippen molar-refractivity contribution in [1.82, 2.24) is 14.9 Å². The summed E-state index contributed by atoms with van der Waals surface area (Å²) < 4.78 is 0. The van der Waals surface area contributed by atoms with Gasteiger partial charge in [0.15, 0.2) is 0 Å². The van der Waals surface area contributed by atoms with Crippen LogP contribution in [0.5, 0.6) is 0 Å². The molecule has 0 saturated heterocycles. The van der Waals surface area contributed by atoms with E-state index in [9.17, 15) is 4.79 Å². The number of nitrogens with one attached hydrogen (secondary N) is 1. The molecule has 130 valence electrons. The molecule has 2 aromatic rings. The van der Waals surface area contributed by atoms with Gasteiger partial charge in [-0.25, -0.2) is 0 Å². The molecule has 5 heteroatoms. The van der Waals surface area contributed by atoms with Gasteiger partial charge in [0.05, 0.1) is 11.3 Å². The summed E-state index contributed by atoms with van der Waals surface area (Å²) in [5, 5.41) is 0. The lowest BCUT2D eigenvalue weighted by Gasteiger charge is -2.23. The Balaban J connectivity index is 2.27. The predicted octanol–water partition coefficient (Wildman–Crippen LogP) is 4.64. The van der Waals surface area contributed by atoms with E-state index in [2.05, 4.69) is 22.6 Å². The number of allylic oxidation sites excluding steroid dienone is 2. The van der Waals surface area contributed by atoms with E-state index in [0.29, 0.717) is 0 Å². The zero-order valence-corrected chi connectivity index (χ0v) is 16.0. The molecule has 4 nitrogen and oxygen atoms in total. The van der Waals surface area contributed by atoms with E-state index >= 15 is 0 Å². The first-order valence-electron chi connectivity index (χ1n) is 8.35. The van der Waals surface area contributed by atoms with Crippen molar-refractivity contribution in [1.29, 1.82) is 0 Å². The van der Waals surface area contributed by atoms with Crippen LogP contribution in [0, 0.1) is 6.92 Å². The third-order valence-corrected chi connectivity index (χ3v) is 5.32. The van der Waals surface area contributed by atoms with Gasteiger partial charge in [-0.05, 0) is 37.8 Å². The Morgan fingerprint density at radius 3 is 2.88 bits per heavy atom. The molecule has 0 radical (unpaired) electrons. The molecule has 1 aliphatic heterocycles. The van der Waals surface area contributed by atoms with Gasteiger partial charge >= 0.3 is 0 Å². The number of carbonyl (C=O) groups is 1. The monoisotopic (exact) mass is 353 g/mol. The zero-order chi connectivity index (χ0) is 18.1. The molecule has 25 heavy (non-hydrogen) atoms. The topological polar surface area (TPSA) is 49.0 Å². The van der Waals surface area contributed by atoms with Crippen LogP contribution in [0.2, 0.25) is 0 Å². The molecular formula is C20H23N3OS. The standard InChI is InChI=1S/C20H23N3OS/c1-6-16(25-12(2)3)18-17-15(8-10-23(5)20(17)24)22-19(18)14-7-9-21-13(4)11-14/h6-7,9,11,22H,2,8,10H2,1,3-5H3/b16-6-. The summed E-state index contributed by atoms with van der Waals surface area (Å²) in [5.41, 5.74) is 5.78. The molecule has 0 unspecified atom stereocenters. The van der Waals surface area contributed by atoms with Gasteiger partial charge in [-0.1, -0.05) is 24.4 Å². The fourth-order valence-corrected chi connectivity index (χ4v) is 3.95. The highest BCUT2D eigenvalue weighted by Gasteiger charge is 2.31. The number of likely N-dealkylation sites (N-methyl/N-ethyl adjacent to an activating group) is 1. The molecule has 1 N–H and O–H groups in total. The molecule has 0 spiro atoms. The van der Waals surface area contributed by atoms with Gasteiger partial charge < -0.3 is 9.88 Å². The van der Waals surface area contributed by atoms with Crippen molar-refractivity contribution in [3.05, 3.63) is 58.4 Å². The molecule has 0 saturated carbocycles. The fourth-order valence-electron chi connectivity index (χ4n) is 3.15. The first-order chi connectivity index (χ1) is 11.9. The second kappa shape index (κ2) is 6.92. The third-order valence-electron chi connectivity index (χ3n) is 4.31. The summed E-state index contributed by atoms with van der Waals surface area (Å²) in [5.74, 6) is 0.0752. The summed E-state index contributed by atoms with van der Waals surface area (Å²) in [6.45, 7) is 10.7. The summed E-state index contributed by atoms with van der Waals surface area (Å²) in [7, 11) is 1.86. The SMILES string of the molecule is C=C(C)S/C(=C\C)c1c(-c2ccnc(C)c2)[nH]c2c1C(=O)N(C)CC2. The minimum atomic E-state index is 0.0752. The van der Waals surface area contributed by atoms with Crippen LogP contribution < -0.4 is 0 Å². The van der Waals surface area contributed by atoms with Crippen molar-refractivity contribution in [2.24, 2.45) is 0 Å². The van der Waals surface area contributed by atoms with Gasteiger partial charge in [-0.3, -0.25) is 9.78 Å². The summed E-state index contributed by atoms with van der Waals surface area (Å²) in [6, 6.07) is 4.04. The molecule has 1 aliphatic rings. The molecular weight excluding hydrogens is 330 g/mol. The second-order valence-electron chi connectivity index (χ2n) is 6.35. The molecule has 1 amide bonds. The smallest absolute Gasteiger partial charge is 0.256 e. The van der Waals surface area contributed by atoms with Crippen LogP contribution in [-0.4, -0.2) is 34.4 Å². The van der Waals surface area contributed by atoms with E-state index in [0.717, 1.165) is 56.5 Å². The quantitative estimate of drug-likeness (QED) is 0.871. The average molecular weight is 353 g/mol.